The van der Waals surface area contributed by atoms with Crippen molar-refractivity contribution in [3.05, 3.63) is 60.5 Å². The van der Waals surface area contributed by atoms with E-state index in [0.717, 1.165) is 10.8 Å². The van der Waals surface area contributed by atoms with E-state index in [1.165, 1.54) is 7.11 Å². The lowest BCUT2D eigenvalue weighted by Crippen LogP contribution is -2.02. The maximum atomic E-state index is 11.8. The van der Waals surface area contributed by atoms with Crippen LogP contribution in [-0.2, 0) is 4.74 Å². The topological polar surface area (TPSA) is 55.2 Å². The van der Waals surface area contributed by atoms with Gasteiger partial charge in [0.1, 0.15) is 0 Å². The number of para-hydroxylation sites is 1. The molecule has 3 rings (SSSR count). The zero-order chi connectivity index (χ0) is 13.9. The van der Waals surface area contributed by atoms with Gasteiger partial charge in [-0.05, 0) is 12.1 Å². The van der Waals surface area contributed by atoms with Crippen LogP contribution < -0.4 is 0 Å². The third-order valence-electron chi connectivity index (χ3n) is 3.11. The number of hydrogen-bond donors (Lipinski definition) is 1. The Morgan fingerprint density at radius 2 is 1.90 bits per heavy atom. The van der Waals surface area contributed by atoms with Gasteiger partial charge in [0, 0.05) is 17.0 Å². The Kier molecular flexibility index (Phi) is 3.13. The van der Waals surface area contributed by atoms with E-state index in [1.807, 2.05) is 30.5 Å². The van der Waals surface area contributed by atoms with Crippen molar-refractivity contribution in [3.8, 4) is 0 Å². The molecule has 0 radical (unpaired) electrons. The number of carbonyl (C=O) groups is 1. The second kappa shape index (κ2) is 5.09. The molecule has 1 aromatic heterocycles. The fourth-order valence-electron chi connectivity index (χ4n) is 2.08. The number of methoxy groups -OCH3 is 1. The van der Waals surface area contributed by atoms with Gasteiger partial charge in [-0.25, -0.2) is 4.79 Å². The van der Waals surface area contributed by atoms with Gasteiger partial charge in [-0.1, -0.05) is 30.3 Å². The Morgan fingerprint density at radius 1 is 1.10 bits per heavy atom. The quantitative estimate of drug-likeness (QED) is 0.682. The zero-order valence-electron chi connectivity index (χ0n) is 10.9. The molecule has 0 fully saturated rings. The summed E-state index contributed by atoms with van der Waals surface area (Å²) in [5, 5.41) is 1.95. The highest BCUT2D eigenvalue weighted by Crippen LogP contribution is 2.18. The summed E-state index contributed by atoms with van der Waals surface area (Å²) in [4.78, 5) is 14.9. The summed E-state index contributed by atoms with van der Waals surface area (Å²) in [5.74, 6) is -0.403. The van der Waals surface area contributed by atoms with E-state index >= 15 is 0 Å². The molecule has 0 spiro atoms. The molecule has 3 aromatic rings. The van der Waals surface area contributed by atoms with Gasteiger partial charge in [-0.3, -0.25) is 0 Å². The first-order chi connectivity index (χ1) is 9.79. The van der Waals surface area contributed by atoms with Crippen LogP contribution in [0.15, 0.2) is 59.3 Å². The normalized spacial score (nSPS) is 10.4. The SMILES string of the molecule is COC(=O)c1cccc2occ3ccccc3c[nH]c12. The Hall–Kier alpha value is -2.75. The lowest BCUT2D eigenvalue weighted by molar-refractivity contribution is 0.0602. The Labute approximate surface area is 115 Å². The van der Waals surface area contributed by atoms with Crippen molar-refractivity contribution in [2.24, 2.45) is 0 Å². The van der Waals surface area contributed by atoms with Crippen LogP contribution in [0.2, 0.25) is 0 Å². The second-order valence-electron chi connectivity index (χ2n) is 4.32. The van der Waals surface area contributed by atoms with Gasteiger partial charge in [0.05, 0.1) is 24.5 Å². The van der Waals surface area contributed by atoms with Crippen molar-refractivity contribution < 1.29 is 13.9 Å². The van der Waals surface area contributed by atoms with Crippen LogP contribution in [0.3, 0.4) is 0 Å². The minimum Gasteiger partial charge on any atom is -0.465 e. The molecule has 1 heterocycles. The number of rotatable bonds is 1. The highest BCUT2D eigenvalue weighted by molar-refractivity contribution is 6.01. The van der Waals surface area contributed by atoms with Crippen LogP contribution in [0.5, 0.6) is 0 Å². The van der Waals surface area contributed by atoms with Crippen LogP contribution in [0, 0.1) is 0 Å². The minimum absolute atomic E-state index is 0.403. The second-order valence-corrected chi connectivity index (χ2v) is 4.32. The van der Waals surface area contributed by atoms with Gasteiger partial charge >= 0.3 is 5.97 Å². The predicted octanol–water partition coefficient (Wildman–Crippen LogP) is 3.83. The van der Waals surface area contributed by atoms with Crippen molar-refractivity contribution in [1.29, 1.82) is 0 Å². The highest BCUT2D eigenvalue weighted by atomic mass is 16.5. The van der Waals surface area contributed by atoms with E-state index in [4.69, 9.17) is 9.15 Å². The summed E-state index contributed by atoms with van der Waals surface area (Å²) >= 11 is 0. The molecular formula is C16H13NO3. The first-order valence-corrected chi connectivity index (χ1v) is 6.19. The summed E-state index contributed by atoms with van der Waals surface area (Å²) < 4.78 is 10.5. The Balaban J connectivity index is 2.38. The number of esters is 1. The fraction of sp³-hybridized carbons (Fsp3) is 0.0625. The van der Waals surface area contributed by atoms with Gasteiger partial charge in [0.15, 0.2) is 5.58 Å². The van der Waals surface area contributed by atoms with Crippen LogP contribution in [0.4, 0.5) is 0 Å². The molecule has 0 aliphatic heterocycles. The van der Waals surface area contributed by atoms with E-state index in [9.17, 15) is 4.79 Å². The van der Waals surface area contributed by atoms with Gasteiger partial charge < -0.3 is 14.1 Å². The van der Waals surface area contributed by atoms with Crippen molar-refractivity contribution in [2.75, 3.05) is 7.11 Å². The first kappa shape index (κ1) is 12.3. The molecule has 4 nitrogen and oxygen atoms in total. The minimum atomic E-state index is -0.403. The van der Waals surface area contributed by atoms with E-state index in [0.29, 0.717) is 16.7 Å². The molecule has 0 amide bonds. The summed E-state index contributed by atoms with van der Waals surface area (Å²) in [6.07, 6.45) is 3.52. The number of nitrogens with one attached hydrogen (secondary N) is 1. The zero-order valence-corrected chi connectivity index (χ0v) is 10.9. The van der Waals surface area contributed by atoms with Gasteiger partial charge in [-0.2, -0.15) is 0 Å². The van der Waals surface area contributed by atoms with E-state index in [-0.39, 0.29) is 0 Å². The highest BCUT2D eigenvalue weighted by Gasteiger charge is 2.10. The molecule has 0 bridgehead atoms. The summed E-state index contributed by atoms with van der Waals surface area (Å²) in [5.41, 5.74) is 1.62. The number of carbonyl (C=O) groups excluding carboxylic acids is 1. The van der Waals surface area contributed by atoms with Crippen LogP contribution in [0.1, 0.15) is 10.4 Å². The van der Waals surface area contributed by atoms with Crippen LogP contribution in [-0.4, -0.2) is 18.1 Å². The first-order valence-electron chi connectivity index (χ1n) is 6.19. The number of fused-ring (bicyclic) bond motifs is 2. The number of H-pyrrole nitrogens is 1. The molecule has 0 aliphatic rings. The monoisotopic (exact) mass is 267 g/mol. The van der Waals surface area contributed by atoms with Crippen LogP contribution >= 0.6 is 0 Å². The lowest BCUT2D eigenvalue weighted by Gasteiger charge is -2.03. The standard InChI is InChI=1S/C16H13NO3/c1-19-16(18)13-7-4-8-14-15(13)17-9-11-5-2-3-6-12(11)10-20-14/h2-10,17H,1H3. The number of benzene rings is 2. The van der Waals surface area contributed by atoms with Crippen LogP contribution in [0.25, 0.3) is 21.9 Å². The molecule has 0 saturated carbocycles. The largest absolute Gasteiger partial charge is 0.465 e. The molecule has 0 saturated heterocycles. The summed E-state index contributed by atoms with van der Waals surface area (Å²) in [6.45, 7) is 0. The molecular weight excluding hydrogens is 254 g/mol. The number of hydrogen-bond acceptors (Lipinski definition) is 3. The average Bonchev–Trinajstić information content (AvgIpc) is 2.48. The molecule has 0 unspecified atom stereocenters. The maximum Gasteiger partial charge on any atom is 0.340 e. The lowest BCUT2D eigenvalue weighted by atomic mass is 10.2. The Morgan fingerprint density at radius 3 is 2.70 bits per heavy atom. The number of aromatic nitrogens is 1. The molecule has 0 aliphatic carbocycles. The molecule has 0 atom stereocenters. The average molecular weight is 267 g/mol. The molecule has 20 heavy (non-hydrogen) atoms. The third-order valence-corrected chi connectivity index (χ3v) is 3.11. The molecule has 4 heteroatoms. The predicted molar refractivity (Wildman–Crippen MR) is 77.0 cm³/mol. The fourth-order valence-corrected chi connectivity index (χ4v) is 2.08. The third kappa shape index (κ3) is 2.12. The van der Waals surface area contributed by atoms with Gasteiger partial charge in [-0.15, -0.1) is 0 Å². The molecule has 100 valence electrons. The summed E-state index contributed by atoms with van der Waals surface area (Å²) in [6, 6.07) is 13.1. The van der Waals surface area contributed by atoms with E-state index in [1.54, 1.807) is 24.5 Å². The van der Waals surface area contributed by atoms with Crippen molar-refractivity contribution in [3.63, 3.8) is 0 Å². The van der Waals surface area contributed by atoms with Crippen molar-refractivity contribution >= 4 is 27.8 Å². The van der Waals surface area contributed by atoms with Gasteiger partial charge in [0.25, 0.3) is 0 Å². The smallest absolute Gasteiger partial charge is 0.340 e. The summed E-state index contributed by atoms with van der Waals surface area (Å²) in [7, 11) is 1.36. The van der Waals surface area contributed by atoms with E-state index < -0.39 is 5.97 Å². The molecule has 1 N–H and O–H groups in total. The maximum absolute atomic E-state index is 11.8. The van der Waals surface area contributed by atoms with E-state index in [2.05, 4.69) is 4.98 Å². The number of aromatic amines is 1. The number of ether oxygens (including phenoxy) is 1. The molecule has 2 aromatic carbocycles. The van der Waals surface area contributed by atoms with Crippen molar-refractivity contribution in [1.82, 2.24) is 4.98 Å². The van der Waals surface area contributed by atoms with Crippen molar-refractivity contribution in [2.45, 2.75) is 0 Å². The Bertz CT molecular complexity index is 828. The van der Waals surface area contributed by atoms with Gasteiger partial charge in [0.2, 0.25) is 0 Å².